The third-order valence-electron chi connectivity index (χ3n) is 5.62. The Morgan fingerprint density at radius 3 is 2.39 bits per heavy atom. The number of hydrogen-bond donors (Lipinski definition) is 1. The normalized spacial score (nSPS) is 10.7. The van der Waals surface area contributed by atoms with Crippen molar-refractivity contribution in [2.75, 3.05) is 19.0 Å². The van der Waals surface area contributed by atoms with E-state index in [1.54, 1.807) is 43.6 Å². The smallest absolute Gasteiger partial charge is 0.257 e. The van der Waals surface area contributed by atoms with E-state index in [9.17, 15) is 4.79 Å². The molecule has 9 heteroatoms. The molecule has 1 N–H and O–H groups in total. The van der Waals surface area contributed by atoms with Gasteiger partial charge in [0.2, 0.25) is 5.91 Å². The van der Waals surface area contributed by atoms with Crippen LogP contribution in [0.4, 0.5) is 10.1 Å². The maximum Gasteiger partial charge on any atom is 0.257 e. The van der Waals surface area contributed by atoms with E-state index in [1.807, 2.05) is 31.2 Å². The largest absolute Gasteiger partial charge is 0.497 e. The Morgan fingerprint density at radius 1 is 0.974 bits per heavy atom. The number of hydrogen-bond acceptors (Lipinski definition) is 5. The van der Waals surface area contributed by atoms with Gasteiger partial charge >= 0.3 is 0 Å². The van der Waals surface area contributed by atoms with Gasteiger partial charge in [0.15, 0.2) is 11.6 Å². The number of carbonyl (C=O) groups is 1. The summed E-state index contributed by atoms with van der Waals surface area (Å²) in [5, 5.41) is 3.14. The quantitative estimate of drug-likeness (QED) is 0.228. The van der Waals surface area contributed by atoms with Gasteiger partial charge in [-0.15, -0.1) is 0 Å². The molecule has 0 fully saturated rings. The van der Waals surface area contributed by atoms with Gasteiger partial charge in [-0.3, -0.25) is 4.79 Å². The Hall–Kier alpha value is -3.81. The lowest BCUT2D eigenvalue weighted by Crippen LogP contribution is -2.08. The van der Waals surface area contributed by atoms with Crippen LogP contribution in [-0.2, 0) is 11.4 Å². The van der Waals surface area contributed by atoms with Crippen LogP contribution in [-0.4, -0.2) is 24.6 Å². The lowest BCUT2D eigenvalue weighted by atomic mass is 9.94. The van der Waals surface area contributed by atoms with E-state index in [0.717, 1.165) is 11.3 Å². The number of ether oxygens (including phenoxy) is 3. The average Bonchev–Trinajstić information content (AvgIpc) is 2.91. The van der Waals surface area contributed by atoms with Crippen molar-refractivity contribution in [2.45, 2.75) is 20.5 Å². The molecule has 196 valence electrons. The summed E-state index contributed by atoms with van der Waals surface area (Å²) in [6.45, 7) is 3.81. The average molecular weight is 555 g/mol. The molecule has 0 unspecified atom stereocenters. The lowest BCUT2D eigenvalue weighted by Gasteiger charge is -2.17. The standard InChI is InChI=1S/C29H25Cl2FN2O4/c1-4-37-26-14-20(15-33-29(26)38-16-18-5-8-21(36-3)9-6-18)22-10-12-25(34-17(2)35)28(32)27(22)19-7-11-23(30)24(31)13-19/h5-15H,4,16H2,1-3H3,(H,34,35). The van der Waals surface area contributed by atoms with Crippen LogP contribution in [0.5, 0.6) is 17.4 Å². The third kappa shape index (κ3) is 6.18. The number of benzene rings is 3. The Kier molecular flexibility index (Phi) is 8.71. The summed E-state index contributed by atoms with van der Waals surface area (Å²) in [4.78, 5) is 16.1. The van der Waals surface area contributed by atoms with Crippen molar-refractivity contribution in [1.82, 2.24) is 4.98 Å². The van der Waals surface area contributed by atoms with E-state index < -0.39 is 11.7 Å². The summed E-state index contributed by atoms with van der Waals surface area (Å²) in [6, 6.07) is 17.3. The van der Waals surface area contributed by atoms with Crippen LogP contribution in [0, 0.1) is 5.82 Å². The molecule has 1 heterocycles. The second-order valence-corrected chi connectivity index (χ2v) is 9.07. The molecular weight excluding hydrogens is 530 g/mol. The number of aromatic nitrogens is 1. The molecule has 0 atom stereocenters. The number of anilines is 1. The molecule has 4 rings (SSSR count). The molecule has 4 aromatic rings. The topological polar surface area (TPSA) is 69.7 Å². The molecule has 0 aliphatic heterocycles. The Morgan fingerprint density at radius 2 is 1.74 bits per heavy atom. The van der Waals surface area contributed by atoms with Crippen molar-refractivity contribution in [1.29, 1.82) is 0 Å². The Balaban J connectivity index is 1.75. The van der Waals surface area contributed by atoms with Crippen molar-refractivity contribution in [3.8, 4) is 39.6 Å². The van der Waals surface area contributed by atoms with Crippen LogP contribution in [0.3, 0.4) is 0 Å². The van der Waals surface area contributed by atoms with E-state index in [2.05, 4.69) is 10.3 Å². The highest BCUT2D eigenvalue weighted by Crippen LogP contribution is 2.41. The molecule has 0 aliphatic rings. The summed E-state index contributed by atoms with van der Waals surface area (Å²) < 4.78 is 32.8. The van der Waals surface area contributed by atoms with Gasteiger partial charge in [-0.1, -0.05) is 47.5 Å². The first-order chi connectivity index (χ1) is 18.3. The predicted octanol–water partition coefficient (Wildman–Crippen LogP) is 7.81. The first-order valence-electron chi connectivity index (χ1n) is 11.7. The van der Waals surface area contributed by atoms with Crippen LogP contribution in [0.15, 0.2) is 66.9 Å². The highest BCUT2D eigenvalue weighted by Gasteiger charge is 2.20. The molecule has 0 saturated heterocycles. The minimum Gasteiger partial charge on any atom is -0.497 e. The maximum atomic E-state index is 15.8. The minimum atomic E-state index is -0.617. The number of rotatable bonds is 9. The fourth-order valence-electron chi connectivity index (χ4n) is 3.86. The van der Waals surface area contributed by atoms with E-state index in [4.69, 9.17) is 37.4 Å². The van der Waals surface area contributed by atoms with Gasteiger partial charge in [0, 0.05) is 24.2 Å². The molecule has 1 amide bonds. The van der Waals surface area contributed by atoms with Crippen molar-refractivity contribution in [3.05, 3.63) is 88.3 Å². The summed E-state index contributed by atoms with van der Waals surface area (Å²) >= 11 is 12.3. The van der Waals surface area contributed by atoms with Gasteiger partial charge in [0.1, 0.15) is 12.4 Å². The maximum absolute atomic E-state index is 15.8. The van der Waals surface area contributed by atoms with Crippen molar-refractivity contribution < 1.29 is 23.4 Å². The van der Waals surface area contributed by atoms with Gasteiger partial charge < -0.3 is 19.5 Å². The molecular formula is C29H25Cl2FN2O4. The SMILES string of the molecule is CCOc1cc(-c2ccc(NC(C)=O)c(F)c2-c2ccc(Cl)c(Cl)c2)cnc1OCc1ccc(OC)cc1. The molecule has 0 aliphatic carbocycles. The Labute approximate surface area is 230 Å². The predicted molar refractivity (Wildman–Crippen MR) is 148 cm³/mol. The lowest BCUT2D eigenvalue weighted by molar-refractivity contribution is -0.114. The van der Waals surface area contributed by atoms with Crippen LogP contribution < -0.4 is 19.5 Å². The van der Waals surface area contributed by atoms with E-state index in [0.29, 0.717) is 39.9 Å². The summed E-state index contributed by atoms with van der Waals surface area (Å²) in [7, 11) is 1.61. The molecule has 0 radical (unpaired) electrons. The monoisotopic (exact) mass is 554 g/mol. The number of amides is 1. The molecule has 0 bridgehead atoms. The highest BCUT2D eigenvalue weighted by molar-refractivity contribution is 6.42. The summed E-state index contributed by atoms with van der Waals surface area (Å²) in [5.74, 6) is 0.452. The Bertz CT molecular complexity index is 1460. The van der Waals surface area contributed by atoms with Crippen LogP contribution in [0.2, 0.25) is 10.0 Å². The third-order valence-corrected chi connectivity index (χ3v) is 6.36. The van der Waals surface area contributed by atoms with Gasteiger partial charge in [-0.2, -0.15) is 0 Å². The highest BCUT2D eigenvalue weighted by atomic mass is 35.5. The summed E-state index contributed by atoms with van der Waals surface area (Å²) in [6.07, 6.45) is 1.58. The minimum absolute atomic E-state index is 0.0414. The molecule has 0 spiro atoms. The van der Waals surface area contributed by atoms with Crippen LogP contribution in [0.25, 0.3) is 22.3 Å². The number of halogens is 3. The van der Waals surface area contributed by atoms with Gasteiger partial charge in [0.25, 0.3) is 5.88 Å². The number of pyridine rings is 1. The van der Waals surface area contributed by atoms with E-state index >= 15 is 4.39 Å². The van der Waals surface area contributed by atoms with Gasteiger partial charge in [0.05, 0.1) is 29.4 Å². The zero-order valence-corrected chi connectivity index (χ0v) is 22.5. The number of nitrogens with one attached hydrogen (secondary N) is 1. The van der Waals surface area contributed by atoms with E-state index in [-0.39, 0.29) is 22.9 Å². The molecule has 0 saturated carbocycles. The first kappa shape index (κ1) is 27.2. The molecule has 6 nitrogen and oxygen atoms in total. The molecule has 3 aromatic carbocycles. The number of carbonyl (C=O) groups excluding carboxylic acids is 1. The molecule has 38 heavy (non-hydrogen) atoms. The molecule has 1 aromatic heterocycles. The second-order valence-electron chi connectivity index (χ2n) is 8.26. The van der Waals surface area contributed by atoms with Crippen LogP contribution in [0.1, 0.15) is 19.4 Å². The number of nitrogens with zero attached hydrogens (tertiary/aromatic N) is 1. The second kappa shape index (κ2) is 12.2. The number of methoxy groups -OCH3 is 1. The van der Waals surface area contributed by atoms with Crippen molar-refractivity contribution in [3.63, 3.8) is 0 Å². The fraction of sp³-hybridized carbons (Fsp3) is 0.172. The summed E-state index contributed by atoms with van der Waals surface area (Å²) in [5.41, 5.74) is 2.78. The van der Waals surface area contributed by atoms with Crippen molar-refractivity contribution >= 4 is 34.8 Å². The van der Waals surface area contributed by atoms with Crippen LogP contribution >= 0.6 is 23.2 Å². The zero-order chi connectivity index (χ0) is 27.2. The van der Waals surface area contributed by atoms with Gasteiger partial charge in [-0.05, 0) is 60.0 Å². The first-order valence-corrected chi connectivity index (χ1v) is 12.5. The van der Waals surface area contributed by atoms with Crippen molar-refractivity contribution in [2.24, 2.45) is 0 Å². The fourth-order valence-corrected chi connectivity index (χ4v) is 4.15. The zero-order valence-electron chi connectivity index (χ0n) is 21.0. The van der Waals surface area contributed by atoms with Gasteiger partial charge in [-0.25, -0.2) is 9.37 Å². The van der Waals surface area contributed by atoms with E-state index in [1.165, 1.54) is 13.0 Å².